The van der Waals surface area contributed by atoms with E-state index in [-0.39, 0.29) is 17.7 Å². The molecule has 2 N–H and O–H groups in total. The van der Waals surface area contributed by atoms with Gasteiger partial charge in [0.25, 0.3) is 11.8 Å². The third kappa shape index (κ3) is 1.61. The number of benzene rings is 1. The van der Waals surface area contributed by atoms with Crippen LogP contribution in [0.3, 0.4) is 0 Å². The second-order valence-corrected chi connectivity index (χ2v) is 4.11. The molecule has 0 bridgehead atoms. The van der Waals surface area contributed by atoms with E-state index in [4.69, 9.17) is 5.73 Å². The van der Waals surface area contributed by atoms with E-state index in [1.165, 1.54) is 4.90 Å². The summed E-state index contributed by atoms with van der Waals surface area (Å²) in [5, 5.41) is 0. The molecule has 1 aliphatic heterocycles. The first-order chi connectivity index (χ1) is 7.65. The lowest BCUT2D eigenvalue weighted by molar-refractivity contribution is 0.0634. The average molecular weight is 218 g/mol. The standard InChI is InChI=1S/C12H14N2O2/c1-8(6-13)7-14-11(15)9-4-2-3-5-10(9)12(14)16/h2-5,8H,6-7,13H2,1H3. The third-order valence-electron chi connectivity index (χ3n) is 2.77. The lowest BCUT2D eigenvalue weighted by Crippen LogP contribution is -2.35. The summed E-state index contributed by atoms with van der Waals surface area (Å²) < 4.78 is 0. The Bertz CT molecular complexity index is 407. The van der Waals surface area contributed by atoms with E-state index in [0.29, 0.717) is 24.2 Å². The van der Waals surface area contributed by atoms with Crippen molar-refractivity contribution in [1.29, 1.82) is 0 Å². The number of nitrogens with zero attached hydrogens (tertiary/aromatic N) is 1. The van der Waals surface area contributed by atoms with Crippen LogP contribution in [0.4, 0.5) is 0 Å². The fourth-order valence-corrected chi connectivity index (χ4v) is 1.79. The van der Waals surface area contributed by atoms with Crippen molar-refractivity contribution in [2.75, 3.05) is 13.1 Å². The van der Waals surface area contributed by atoms with Gasteiger partial charge in [-0.25, -0.2) is 0 Å². The van der Waals surface area contributed by atoms with Gasteiger partial charge in [0.05, 0.1) is 11.1 Å². The molecule has 84 valence electrons. The Hall–Kier alpha value is -1.68. The SMILES string of the molecule is CC(CN)CN1C(=O)c2ccccc2C1=O. The number of carbonyl (C=O) groups excluding carboxylic acids is 2. The predicted molar refractivity (Wildman–Crippen MR) is 60.0 cm³/mol. The summed E-state index contributed by atoms with van der Waals surface area (Å²) in [7, 11) is 0. The van der Waals surface area contributed by atoms with E-state index >= 15 is 0 Å². The smallest absolute Gasteiger partial charge is 0.261 e. The summed E-state index contributed by atoms with van der Waals surface area (Å²) in [5.74, 6) is -0.288. The largest absolute Gasteiger partial charge is 0.330 e. The van der Waals surface area contributed by atoms with Crippen molar-refractivity contribution in [2.45, 2.75) is 6.92 Å². The molecule has 16 heavy (non-hydrogen) atoms. The summed E-state index contributed by atoms with van der Waals surface area (Å²) in [5.41, 5.74) is 6.49. The lowest BCUT2D eigenvalue weighted by Gasteiger charge is -2.17. The van der Waals surface area contributed by atoms with Gasteiger partial charge in [-0.3, -0.25) is 14.5 Å². The van der Waals surface area contributed by atoms with Crippen LogP contribution >= 0.6 is 0 Å². The van der Waals surface area contributed by atoms with Crippen LogP contribution in [0.5, 0.6) is 0 Å². The number of imide groups is 1. The van der Waals surface area contributed by atoms with Gasteiger partial charge in [-0.05, 0) is 24.6 Å². The molecule has 1 aromatic rings. The number of carbonyl (C=O) groups is 2. The Morgan fingerprint density at radius 2 is 1.69 bits per heavy atom. The molecule has 1 unspecified atom stereocenters. The second kappa shape index (κ2) is 4.06. The first kappa shape index (κ1) is 10.8. The quantitative estimate of drug-likeness (QED) is 0.766. The Kier molecular flexibility index (Phi) is 2.75. The topological polar surface area (TPSA) is 63.4 Å². The highest BCUT2D eigenvalue weighted by Gasteiger charge is 2.35. The van der Waals surface area contributed by atoms with Crippen LogP contribution in [0.25, 0.3) is 0 Å². The van der Waals surface area contributed by atoms with E-state index in [1.807, 2.05) is 6.92 Å². The molecule has 0 fully saturated rings. The zero-order chi connectivity index (χ0) is 11.7. The van der Waals surface area contributed by atoms with E-state index < -0.39 is 0 Å². The second-order valence-electron chi connectivity index (χ2n) is 4.11. The maximum atomic E-state index is 11.9. The van der Waals surface area contributed by atoms with Crippen molar-refractivity contribution < 1.29 is 9.59 Å². The molecule has 1 heterocycles. The summed E-state index contributed by atoms with van der Waals surface area (Å²) in [4.78, 5) is 25.1. The highest BCUT2D eigenvalue weighted by molar-refractivity contribution is 6.21. The molecule has 2 rings (SSSR count). The Morgan fingerprint density at radius 1 is 1.19 bits per heavy atom. The number of hydrogen-bond acceptors (Lipinski definition) is 3. The zero-order valence-corrected chi connectivity index (χ0v) is 9.14. The summed E-state index contributed by atoms with van der Waals surface area (Å²) >= 11 is 0. The van der Waals surface area contributed by atoms with Crippen LogP contribution in [0, 0.1) is 5.92 Å². The highest BCUT2D eigenvalue weighted by atomic mass is 16.2. The molecule has 2 amide bonds. The van der Waals surface area contributed by atoms with Gasteiger partial charge in [0.1, 0.15) is 0 Å². The van der Waals surface area contributed by atoms with Crippen LogP contribution in [0.15, 0.2) is 24.3 Å². The maximum absolute atomic E-state index is 11.9. The summed E-state index contributed by atoms with van der Waals surface area (Å²) in [6, 6.07) is 6.89. The van der Waals surface area contributed by atoms with Crippen molar-refractivity contribution >= 4 is 11.8 Å². The first-order valence-electron chi connectivity index (χ1n) is 5.30. The molecule has 1 aliphatic rings. The molecular weight excluding hydrogens is 204 g/mol. The summed E-state index contributed by atoms with van der Waals surface area (Å²) in [6.07, 6.45) is 0. The molecular formula is C12H14N2O2. The molecule has 0 radical (unpaired) electrons. The normalized spacial score (nSPS) is 16.5. The van der Waals surface area contributed by atoms with Crippen LogP contribution in [0.1, 0.15) is 27.6 Å². The van der Waals surface area contributed by atoms with Crippen LogP contribution in [0.2, 0.25) is 0 Å². The van der Waals surface area contributed by atoms with Gasteiger partial charge < -0.3 is 5.73 Å². The fourth-order valence-electron chi connectivity index (χ4n) is 1.79. The number of hydrogen-bond donors (Lipinski definition) is 1. The minimum Gasteiger partial charge on any atom is -0.330 e. The van der Waals surface area contributed by atoms with Crippen LogP contribution < -0.4 is 5.73 Å². The number of rotatable bonds is 3. The first-order valence-corrected chi connectivity index (χ1v) is 5.30. The third-order valence-corrected chi connectivity index (χ3v) is 2.77. The molecule has 0 saturated heterocycles. The fraction of sp³-hybridized carbons (Fsp3) is 0.333. The molecule has 0 spiro atoms. The number of fused-ring (bicyclic) bond motifs is 1. The van der Waals surface area contributed by atoms with Crippen molar-refractivity contribution in [2.24, 2.45) is 11.7 Å². The van der Waals surface area contributed by atoms with Gasteiger partial charge in [0.2, 0.25) is 0 Å². The average Bonchev–Trinajstić information content (AvgIpc) is 2.55. The molecule has 4 heteroatoms. The minimum absolute atomic E-state index is 0.127. The van der Waals surface area contributed by atoms with Crippen LogP contribution in [-0.2, 0) is 0 Å². The van der Waals surface area contributed by atoms with Crippen molar-refractivity contribution in [3.8, 4) is 0 Å². The van der Waals surface area contributed by atoms with Crippen molar-refractivity contribution in [1.82, 2.24) is 4.90 Å². The monoisotopic (exact) mass is 218 g/mol. The lowest BCUT2D eigenvalue weighted by atomic mass is 10.1. The van der Waals surface area contributed by atoms with Gasteiger partial charge in [0.15, 0.2) is 0 Å². The molecule has 0 saturated carbocycles. The van der Waals surface area contributed by atoms with Crippen molar-refractivity contribution in [3.05, 3.63) is 35.4 Å². The maximum Gasteiger partial charge on any atom is 0.261 e. The molecule has 0 aromatic heterocycles. The Morgan fingerprint density at radius 3 is 2.12 bits per heavy atom. The highest BCUT2D eigenvalue weighted by Crippen LogP contribution is 2.22. The summed E-state index contributed by atoms with van der Waals surface area (Å²) in [6.45, 7) is 2.78. The van der Waals surface area contributed by atoms with E-state index in [9.17, 15) is 9.59 Å². The minimum atomic E-state index is -0.207. The molecule has 1 atom stereocenters. The van der Waals surface area contributed by atoms with Gasteiger partial charge >= 0.3 is 0 Å². The van der Waals surface area contributed by atoms with Gasteiger partial charge in [-0.1, -0.05) is 19.1 Å². The molecule has 0 aliphatic carbocycles. The number of amides is 2. The van der Waals surface area contributed by atoms with E-state index in [0.717, 1.165) is 0 Å². The van der Waals surface area contributed by atoms with Gasteiger partial charge in [0, 0.05) is 6.54 Å². The zero-order valence-electron chi connectivity index (χ0n) is 9.14. The predicted octanol–water partition coefficient (Wildman–Crippen LogP) is 0.877. The molecule has 1 aromatic carbocycles. The van der Waals surface area contributed by atoms with E-state index in [2.05, 4.69) is 0 Å². The Balaban J connectivity index is 2.28. The van der Waals surface area contributed by atoms with Crippen molar-refractivity contribution in [3.63, 3.8) is 0 Å². The number of nitrogens with two attached hydrogens (primary N) is 1. The van der Waals surface area contributed by atoms with Gasteiger partial charge in [-0.2, -0.15) is 0 Å². The Labute approximate surface area is 94.0 Å². The van der Waals surface area contributed by atoms with Crippen LogP contribution in [-0.4, -0.2) is 29.8 Å². The van der Waals surface area contributed by atoms with E-state index in [1.54, 1.807) is 24.3 Å². The van der Waals surface area contributed by atoms with Gasteiger partial charge in [-0.15, -0.1) is 0 Å². The molecule has 4 nitrogen and oxygen atoms in total.